The third-order valence-electron chi connectivity index (χ3n) is 3.16. The minimum atomic E-state index is -1.13. The zero-order valence-electron chi connectivity index (χ0n) is 12.1. The number of hydrogen-bond donors (Lipinski definition) is 2. The molecule has 20 heavy (non-hydrogen) atoms. The van der Waals surface area contributed by atoms with E-state index < -0.39 is 17.3 Å². The summed E-state index contributed by atoms with van der Waals surface area (Å²) in [6.45, 7) is 6.06. The lowest BCUT2D eigenvalue weighted by Crippen LogP contribution is -2.38. The first kappa shape index (κ1) is 14.6. The number of carbonyl (C=O) groups excluding carboxylic acids is 1. The lowest BCUT2D eigenvalue weighted by Gasteiger charge is -2.26. The second-order valence-electron chi connectivity index (χ2n) is 6.16. The maximum absolute atomic E-state index is 12.0. The highest BCUT2D eigenvalue weighted by atomic mass is 16.6. The Morgan fingerprint density at radius 1 is 1.50 bits per heavy atom. The summed E-state index contributed by atoms with van der Waals surface area (Å²) in [6, 6.07) is 3.38. The molecule has 6 heteroatoms. The Bertz CT molecular complexity index is 495. The molecule has 0 spiro atoms. The summed E-state index contributed by atoms with van der Waals surface area (Å²) < 4.78 is 5.31. The van der Waals surface area contributed by atoms with Crippen molar-refractivity contribution in [1.82, 2.24) is 9.88 Å². The average Bonchev–Trinajstić information content (AvgIpc) is 2.72. The molecule has 1 aliphatic heterocycles. The van der Waals surface area contributed by atoms with Crippen molar-refractivity contribution in [2.75, 3.05) is 18.8 Å². The number of likely N-dealkylation sites (tertiary alicyclic amines) is 1. The number of ether oxygens (including phenoxy) is 1. The molecule has 110 valence electrons. The molecule has 0 aromatic carbocycles. The van der Waals surface area contributed by atoms with Crippen molar-refractivity contribution < 1.29 is 14.6 Å². The average molecular weight is 279 g/mol. The topological polar surface area (TPSA) is 88.7 Å². The van der Waals surface area contributed by atoms with E-state index in [0.717, 1.165) is 0 Å². The first-order valence-electron chi connectivity index (χ1n) is 6.62. The van der Waals surface area contributed by atoms with E-state index in [4.69, 9.17) is 10.5 Å². The van der Waals surface area contributed by atoms with Gasteiger partial charge in [0.05, 0.1) is 24.1 Å². The molecule has 1 fully saturated rings. The molecule has 1 atom stereocenters. The molecule has 1 aromatic heterocycles. The molecule has 1 amide bonds. The number of pyridine rings is 1. The Labute approximate surface area is 118 Å². The van der Waals surface area contributed by atoms with Crippen LogP contribution in [0.15, 0.2) is 18.3 Å². The first-order valence-corrected chi connectivity index (χ1v) is 6.62. The van der Waals surface area contributed by atoms with E-state index in [9.17, 15) is 9.90 Å². The highest BCUT2D eigenvalue weighted by molar-refractivity contribution is 5.68. The second-order valence-corrected chi connectivity index (χ2v) is 6.16. The zero-order chi connectivity index (χ0) is 15.0. The van der Waals surface area contributed by atoms with Gasteiger partial charge in [0.2, 0.25) is 0 Å². The minimum Gasteiger partial charge on any atom is -0.444 e. The summed E-state index contributed by atoms with van der Waals surface area (Å²) in [5.41, 5.74) is 4.97. The number of aliphatic hydroxyl groups is 1. The number of carbonyl (C=O) groups is 1. The van der Waals surface area contributed by atoms with Crippen molar-refractivity contribution in [3.63, 3.8) is 0 Å². The predicted octanol–water partition coefficient (Wildman–Crippen LogP) is 1.49. The van der Waals surface area contributed by atoms with Crippen LogP contribution in [0.4, 0.5) is 10.5 Å². The fraction of sp³-hybridized carbons (Fsp3) is 0.571. The fourth-order valence-corrected chi connectivity index (χ4v) is 2.17. The van der Waals surface area contributed by atoms with Crippen LogP contribution < -0.4 is 5.73 Å². The molecular formula is C14H21N3O3. The Kier molecular flexibility index (Phi) is 3.60. The van der Waals surface area contributed by atoms with E-state index in [-0.39, 0.29) is 6.54 Å². The van der Waals surface area contributed by atoms with E-state index in [1.54, 1.807) is 12.1 Å². The number of anilines is 1. The fourth-order valence-electron chi connectivity index (χ4n) is 2.17. The van der Waals surface area contributed by atoms with Crippen LogP contribution in [-0.4, -0.2) is 39.8 Å². The lowest BCUT2D eigenvalue weighted by molar-refractivity contribution is 0.0127. The number of amides is 1. The van der Waals surface area contributed by atoms with E-state index in [1.807, 2.05) is 20.8 Å². The van der Waals surface area contributed by atoms with Crippen molar-refractivity contribution in [1.29, 1.82) is 0 Å². The maximum atomic E-state index is 12.0. The molecule has 1 aromatic rings. The van der Waals surface area contributed by atoms with Gasteiger partial charge in [0.25, 0.3) is 0 Å². The van der Waals surface area contributed by atoms with Gasteiger partial charge in [-0.3, -0.25) is 4.98 Å². The van der Waals surface area contributed by atoms with E-state index in [0.29, 0.717) is 24.3 Å². The highest BCUT2D eigenvalue weighted by Crippen LogP contribution is 2.31. The maximum Gasteiger partial charge on any atom is 0.410 e. The van der Waals surface area contributed by atoms with Gasteiger partial charge in [-0.15, -0.1) is 0 Å². The summed E-state index contributed by atoms with van der Waals surface area (Å²) >= 11 is 0. The van der Waals surface area contributed by atoms with Crippen LogP contribution >= 0.6 is 0 Å². The zero-order valence-corrected chi connectivity index (χ0v) is 12.1. The molecular weight excluding hydrogens is 258 g/mol. The summed E-state index contributed by atoms with van der Waals surface area (Å²) in [4.78, 5) is 17.6. The predicted molar refractivity (Wildman–Crippen MR) is 75.0 cm³/mol. The third-order valence-corrected chi connectivity index (χ3v) is 3.16. The Hall–Kier alpha value is -1.82. The minimum absolute atomic E-state index is 0.179. The van der Waals surface area contributed by atoms with E-state index >= 15 is 0 Å². The summed E-state index contributed by atoms with van der Waals surface area (Å²) in [7, 11) is 0. The standard InChI is InChI=1S/C14H21N3O3/c1-13(2,3)20-12(18)17-7-6-14(19,9-17)11-5-4-10(15)8-16-11/h4-5,8,19H,6-7,9,15H2,1-3H3. The summed E-state index contributed by atoms with van der Waals surface area (Å²) in [5.74, 6) is 0. The molecule has 0 radical (unpaired) electrons. The van der Waals surface area contributed by atoms with Crippen molar-refractivity contribution in [2.24, 2.45) is 0 Å². The summed E-state index contributed by atoms with van der Waals surface area (Å²) in [5, 5.41) is 10.6. The number of β-amino-alcohol motifs (C(OH)–C–C–N with tert-alkyl or cyclic N) is 1. The number of hydrogen-bond acceptors (Lipinski definition) is 5. The van der Waals surface area contributed by atoms with Gasteiger partial charge >= 0.3 is 6.09 Å². The van der Waals surface area contributed by atoms with Gasteiger partial charge in [0.1, 0.15) is 11.2 Å². The summed E-state index contributed by atoms with van der Waals surface area (Å²) in [6.07, 6.45) is 1.52. The van der Waals surface area contributed by atoms with Crippen LogP contribution in [0.1, 0.15) is 32.9 Å². The van der Waals surface area contributed by atoms with Crippen molar-refractivity contribution >= 4 is 11.8 Å². The molecule has 1 aliphatic rings. The Morgan fingerprint density at radius 3 is 2.75 bits per heavy atom. The number of nitrogens with two attached hydrogens (primary N) is 1. The first-order chi connectivity index (χ1) is 9.20. The molecule has 0 aliphatic carbocycles. The molecule has 1 saturated heterocycles. The Morgan fingerprint density at radius 2 is 2.20 bits per heavy atom. The quantitative estimate of drug-likeness (QED) is 0.813. The van der Waals surface area contributed by atoms with Crippen LogP contribution in [-0.2, 0) is 10.3 Å². The van der Waals surface area contributed by atoms with Gasteiger partial charge in [-0.25, -0.2) is 4.79 Å². The van der Waals surface area contributed by atoms with Gasteiger partial charge in [0, 0.05) is 13.0 Å². The molecule has 2 rings (SSSR count). The van der Waals surface area contributed by atoms with Crippen LogP contribution in [0.5, 0.6) is 0 Å². The van der Waals surface area contributed by atoms with Gasteiger partial charge in [-0.2, -0.15) is 0 Å². The number of rotatable bonds is 1. The van der Waals surface area contributed by atoms with E-state index in [2.05, 4.69) is 4.98 Å². The van der Waals surface area contributed by atoms with Crippen molar-refractivity contribution in [3.05, 3.63) is 24.0 Å². The van der Waals surface area contributed by atoms with Crippen LogP contribution in [0.3, 0.4) is 0 Å². The SMILES string of the molecule is CC(C)(C)OC(=O)N1CCC(O)(c2ccc(N)cn2)C1. The van der Waals surface area contributed by atoms with Gasteiger partial charge in [0.15, 0.2) is 0 Å². The van der Waals surface area contributed by atoms with Gasteiger partial charge in [-0.1, -0.05) is 0 Å². The third kappa shape index (κ3) is 3.19. The number of nitrogens with zero attached hydrogens (tertiary/aromatic N) is 2. The van der Waals surface area contributed by atoms with Crippen molar-refractivity contribution in [2.45, 2.75) is 38.4 Å². The number of nitrogen functional groups attached to an aromatic ring is 1. The van der Waals surface area contributed by atoms with Crippen LogP contribution in [0, 0.1) is 0 Å². The molecule has 0 saturated carbocycles. The van der Waals surface area contributed by atoms with Crippen LogP contribution in [0.25, 0.3) is 0 Å². The molecule has 1 unspecified atom stereocenters. The van der Waals surface area contributed by atoms with Crippen LogP contribution in [0.2, 0.25) is 0 Å². The van der Waals surface area contributed by atoms with Gasteiger partial charge < -0.3 is 20.5 Å². The normalized spacial score (nSPS) is 22.9. The van der Waals surface area contributed by atoms with Gasteiger partial charge in [-0.05, 0) is 32.9 Å². The molecule has 0 bridgehead atoms. The smallest absolute Gasteiger partial charge is 0.410 e. The largest absolute Gasteiger partial charge is 0.444 e. The number of aromatic nitrogens is 1. The Balaban J connectivity index is 2.07. The second kappa shape index (κ2) is 4.94. The van der Waals surface area contributed by atoms with E-state index in [1.165, 1.54) is 11.1 Å². The molecule has 2 heterocycles. The lowest BCUT2D eigenvalue weighted by atomic mass is 9.98. The molecule has 6 nitrogen and oxygen atoms in total. The molecule has 3 N–H and O–H groups in total. The monoisotopic (exact) mass is 279 g/mol. The highest BCUT2D eigenvalue weighted by Gasteiger charge is 2.41. The van der Waals surface area contributed by atoms with Crippen molar-refractivity contribution in [3.8, 4) is 0 Å².